The summed E-state index contributed by atoms with van der Waals surface area (Å²) in [6.45, 7) is 3.94. The van der Waals surface area contributed by atoms with Crippen molar-refractivity contribution in [3.63, 3.8) is 0 Å². The first-order valence-electron chi connectivity index (χ1n) is 4.76. The van der Waals surface area contributed by atoms with E-state index in [1.54, 1.807) is 10.6 Å². The molecule has 0 saturated carbocycles. The van der Waals surface area contributed by atoms with Crippen molar-refractivity contribution < 1.29 is 8.42 Å². The normalized spacial score (nSPS) is 13.3. The van der Waals surface area contributed by atoms with Gasteiger partial charge in [0.25, 0.3) is 0 Å². The number of hydrogen-bond acceptors (Lipinski definition) is 5. The molecule has 0 aliphatic rings. The van der Waals surface area contributed by atoms with Crippen LogP contribution in [0.5, 0.6) is 0 Å². The van der Waals surface area contributed by atoms with Gasteiger partial charge in [-0.15, -0.1) is 10.2 Å². The van der Waals surface area contributed by atoms with Gasteiger partial charge < -0.3 is 4.57 Å². The average Bonchev–Trinajstić information content (AvgIpc) is 2.72. The van der Waals surface area contributed by atoms with E-state index in [1.807, 2.05) is 6.92 Å². The van der Waals surface area contributed by atoms with Gasteiger partial charge in [-0.25, -0.2) is 13.1 Å². The third kappa shape index (κ3) is 2.77. The van der Waals surface area contributed by atoms with Gasteiger partial charge in [0.05, 0.1) is 12.6 Å². The molecule has 1 aromatic heterocycles. The van der Waals surface area contributed by atoms with Crippen LogP contribution in [0.1, 0.15) is 19.7 Å². The summed E-state index contributed by atoms with van der Waals surface area (Å²) in [5.74, 6) is 0.524. The average molecular weight is 243 g/mol. The van der Waals surface area contributed by atoms with E-state index in [2.05, 4.69) is 14.9 Å². The first kappa shape index (κ1) is 12.6. The van der Waals surface area contributed by atoms with Crippen LogP contribution in [0.4, 0.5) is 0 Å². The number of rotatable bonds is 5. The first-order chi connectivity index (χ1) is 7.51. The molecule has 0 amide bonds. The van der Waals surface area contributed by atoms with Crippen LogP contribution in [0.15, 0.2) is 6.33 Å². The van der Waals surface area contributed by atoms with Gasteiger partial charge in [-0.2, -0.15) is 5.26 Å². The fourth-order valence-corrected chi connectivity index (χ4v) is 1.76. The predicted octanol–water partition coefficient (Wildman–Crippen LogP) is -0.371. The first-order valence-corrected chi connectivity index (χ1v) is 6.30. The molecular formula is C8H13N5O2S. The molecule has 16 heavy (non-hydrogen) atoms. The number of hydrogen-bond donors (Lipinski definition) is 1. The molecular weight excluding hydrogens is 230 g/mol. The summed E-state index contributed by atoms with van der Waals surface area (Å²) < 4.78 is 27.0. The third-order valence-electron chi connectivity index (χ3n) is 2.12. The Bertz CT molecular complexity index is 487. The van der Waals surface area contributed by atoms with Crippen LogP contribution in [-0.4, -0.2) is 28.4 Å². The van der Waals surface area contributed by atoms with Gasteiger partial charge in [-0.05, 0) is 13.8 Å². The quantitative estimate of drug-likeness (QED) is 0.760. The second kappa shape index (κ2) is 5.05. The van der Waals surface area contributed by atoms with Crippen molar-refractivity contribution in [1.29, 1.82) is 5.26 Å². The van der Waals surface area contributed by atoms with E-state index in [0.29, 0.717) is 12.4 Å². The van der Waals surface area contributed by atoms with E-state index in [-0.39, 0.29) is 6.54 Å². The van der Waals surface area contributed by atoms with Crippen molar-refractivity contribution in [1.82, 2.24) is 19.5 Å². The highest BCUT2D eigenvalue weighted by Crippen LogP contribution is 1.99. The van der Waals surface area contributed by atoms with E-state index in [0.717, 1.165) is 0 Å². The highest BCUT2D eigenvalue weighted by atomic mass is 32.2. The predicted molar refractivity (Wildman–Crippen MR) is 56.5 cm³/mol. The van der Waals surface area contributed by atoms with Gasteiger partial charge in [0.15, 0.2) is 5.25 Å². The molecule has 0 fully saturated rings. The van der Waals surface area contributed by atoms with Crippen molar-refractivity contribution >= 4 is 10.0 Å². The molecule has 1 N–H and O–H groups in total. The number of nitrogens with zero attached hydrogens (tertiary/aromatic N) is 4. The molecule has 88 valence electrons. The maximum atomic E-state index is 11.5. The maximum Gasteiger partial charge on any atom is 0.228 e. The van der Waals surface area contributed by atoms with Gasteiger partial charge in [-0.3, -0.25) is 0 Å². The molecule has 0 aliphatic heterocycles. The van der Waals surface area contributed by atoms with Crippen molar-refractivity contribution in [2.45, 2.75) is 32.2 Å². The van der Waals surface area contributed by atoms with Gasteiger partial charge >= 0.3 is 0 Å². The lowest BCUT2D eigenvalue weighted by molar-refractivity contribution is 0.571. The second-order valence-corrected chi connectivity index (χ2v) is 5.26. The molecule has 0 aliphatic carbocycles. The molecule has 1 heterocycles. The SMILES string of the molecule is CCn1cnnc1CNS(=O)(=O)C(C)C#N. The Kier molecular flexibility index (Phi) is 3.98. The molecule has 0 bridgehead atoms. The van der Waals surface area contributed by atoms with Gasteiger partial charge in [-0.1, -0.05) is 0 Å². The molecule has 1 aromatic rings. The van der Waals surface area contributed by atoms with Crippen LogP contribution < -0.4 is 4.72 Å². The molecule has 0 aromatic carbocycles. The molecule has 1 atom stereocenters. The summed E-state index contributed by atoms with van der Waals surface area (Å²) in [7, 11) is -3.60. The van der Waals surface area contributed by atoms with E-state index in [9.17, 15) is 8.42 Å². The zero-order valence-corrected chi connectivity index (χ0v) is 9.90. The molecule has 1 unspecified atom stereocenters. The fourth-order valence-electron chi connectivity index (χ4n) is 1.04. The second-order valence-electron chi connectivity index (χ2n) is 3.17. The Hall–Kier alpha value is -1.46. The number of aromatic nitrogens is 3. The smallest absolute Gasteiger partial charge is 0.228 e. The maximum absolute atomic E-state index is 11.5. The van der Waals surface area contributed by atoms with Crippen LogP contribution in [0.25, 0.3) is 0 Å². The minimum absolute atomic E-state index is 0.0438. The Balaban J connectivity index is 2.69. The van der Waals surface area contributed by atoms with Crippen LogP contribution in [0.3, 0.4) is 0 Å². The zero-order chi connectivity index (χ0) is 12.2. The number of nitrogens with one attached hydrogen (secondary N) is 1. The van der Waals surface area contributed by atoms with Crippen LogP contribution in [0.2, 0.25) is 0 Å². The lowest BCUT2D eigenvalue weighted by Gasteiger charge is -2.07. The molecule has 1 rings (SSSR count). The molecule has 8 heteroatoms. The van der Waals surface area contributed by atoms with E-state index >= 15 is 0 Å². The van der Waals surface area contributed by atoms with Crippen molar-refractivity contribution in [3.8, 4) is 6.07 Å². The van der Waals surface area contributed by atoms with Crippen LogP contribution >= 0.6 is 0 Å². The summed E-state index contributed by atoms with van der Waals surface area (Å²) in [6.07, 6.45) is 1.53. The van der Waals surface area contributed by atoms with Gasteiger partial charge in [0, 0.05) is 6.54 Å². The highest BCUT2D eigenvalue weighted by Gasteiger charge is 2.20. The van der Waals surface area contributed by atoms with E-state index in [4.69, 9.17) is 5.26 Å². The summed E-state index contributed by atoms with van der Waals surface area (Å²) in [6, 6.07) is 1.67. The standard InChI is InChI=1S/C8H13N5O2S/c1-3-13-6-10-12-8(13)5-11-16(14,15)7(2)4-9/h6-7,11H,3,5H2,1-2H3. The molecule has 0 saturated heterocycles. The van der Waals surface area contributed by atoms with Crippen LogP contribution in [0, 0.1) is 11.3 Å². The number of sulfonamides is 1. The molecule has 0 spiro atoms. The lowest BCUT2D eigenvalue weighted by Crippen LogP contribution is -2.32. The van der Waals surface area contributed by atoms with Crippen molar-refractivity contribution in [2.24, 2.45) is 0 Å². The monoisotopic (exact) mass is 243 g/mol. The zero-order valence-electron chi connectivity index (χ0n) is 9.08. The summed E-state index contributed by atoms with van der Waals surface area (Å²) in [5.41, 5.74) is 0. The van der Waals surface area contributed by atoms with Crippen molar-refractivity contribution in [3.05, 3.63) is 12.2 Å². The summed E-state index contributed by atoms with van der Waals surface area (Å²) in [4.78, 5) is 0. The van der Waals surface area contributed by atoms with Crippen molar-refractivity contribution in [2.75, 3.05) is 0 Å². The van der Waals surface area contributed by atoms with E-state index in [1.165, 1.54) is 13.3 Å². The number of aryl methyl sites for hydroxylation is 1. The minimum Gasteiger partial charge on any atom is -0.317 e. The summed E-state index contributed by atoms with van der Waals surface area (Å²) in [5, 5.41) is 14.9. The lowest BCUT2D eigenvalue weighted by atomic mass is 10.5. The van der Waals surface area contributed by atoms with Gasteiger partial charge in [0.1, 0.15) is 12.2 Å². The Morgan fingerprint density at radius 2 is 2.38 bits per heavy atom. The fraction of sp³-hybridized carbons (Fsp3) is 0.625. The van der Waals surface area contributed by atoms with Crippen LogP contribution in [-0.2, 0) is 23.1 Å². The highest BCUT2D eigenvalue weighted by molar-refractivity contribution is 7.90. The molecule has 0 radical (unpaired) electrons. The largest absolute Gasteiger partial charge is 0.317 e. The summed E-state index contributed by atoms with van der Waals surface area (Å²) >= 11 is 0. The third-order valence-corrected chi connectivity index (χ3v) is 3.70. The van der Waals surface area contributed by atoms with E-state index < -0.39 is 15.3 Å². The number of nitriles is 1. The molecule has 7 nitrogen and oxygen atoms in total. The Labute approximate surface area is 94.2 Å². The minimum atomic E-state index is -3.60. The Morgan fingerprint density at radius 1 is 1.69 bits per heavy atom. The Morgan fingerprint density at radius 3 is 2.94 bits per heavy atom. The topological polar surface area (TPSA) is 101 Å². The van der Waals surface area contributed by atoms with Gasteiger partial charge in [0.2, 0.25) is 10.0 Å².